The summed E-state index contributed by atoms with van der Waals surface area (Å²) in [5, 5.41) is 10.7. The molecule has 146 valence electrons. The number of carbonyl (C=O) groups excluding carboxylic acids is 1. The molecule has 2 heterocycles. The van der Waals surface area contributed by atoms with E-state index in [1.165, 1.54) is 6.08 Å². The third kappa shape index (κ3) is 3.28. The summed E-state index contributed by atoms with van der Waals surface area (Å²) in [5.41, 5.74) is -0.840. The van der Waals surface area contributed by atoms with Crippen molar-refractivity contribution in [2.24, 2.45) is 4.99 Å². The van der Waals surface area contributed by atoms with Crippen LogP contribution in [0, 0.1) is 0 Å². The molecule has 1 aliphatic rings. The second-order valence-corrected chi connectivity index (χ2v) is 7.26. The Hall–Kier alpha value is -3.42. The van der Waals surface area contributed by atoms with Gasteiger partial charge in [0.1, 0.15) is 5.56 Å². The summed E-state index contributed by atoms with van der Waals surface area (Å²) in [6.07, 6.45) is 1.36. The van der Waals surface area contributed by atoms with Crippen molar-refractivity contribution in [3.05, 3.63) is 56.2 Å². The minimum Gasteiger partial charge on any atom is -0.494 e. The maximum atomic E-state index is 12.4. The van der Waals surface area contributed by atoms with Crippen LogP contribution in [0.15, 0.2) is 38.8 Å². The molecule has 3 rings (SSSR count). The van der Waals surface area contributed by atoms with E-state index in [4.69, 9.17) is 4.74 Å². The van der Waals surface area contributed by atoms with E-state index in [2.05, 4.69) is 9.98 Å². The Balaban J connectivity index is 2.27. The number of aromatic nitrogens is 2. The lowest BCUT2D eigenvalue weighted by atomic mass is 10.00. The van der Waals surface area contributed by atoms with E-state index < -0.39 is 28.6 Å². The van der Waals surface area contributed by atoms with E-state index in [0.717, 1.165) is 4.57 Å². The molecule has 1 aromatic heterocycles. The molecular weight excluding hydrogens is 362 g/mol. The molecule has 8 heteroatoms. The second kappa shape index (κ2) is 6.95. The summed E-state index contributed by atoms with van der Waals surface area (Å²) in [4.78, 5) is 43.5. The van der Waals surface area contributed by atoms with Gasteiger partial charge in [-0.15, -0.1) is 0 Å². The number of aromatic amines is 1. The molecule has 28 heavy (non-hydrogen) atoms. The monoisotopic (exact) mass is 383 g/mol. The highest BCUT2D eigenvalue weighted by atomic mass is 16.5. The molecule has 0 bridgehead atoms. The molecule has 2 aromatic rings. The lowest BCUT2D eigenvalue weighted by Crippen LogP contribution is -2.39. The molecule has 0 amide bonds. The molecule has 8 nitrogen and oxygen atoms in total. The van der Waals surface area contributed by atoms with Gasteiger partial charge in [-0.25, -0.2) is 14.6 Å². The highest BCUT2D eigenvalue weighted by Gasteiger charge is 2.29. The van der Waals surface area contributed by atoms with Gasteiger partial charge in [-0.3, -0.25) is 14.3 Å². The van der Waals surface area contributed by atoms with Crippen LogP contribution in [0.2, 0.25) is 0 Å². The first-order valence-corrected chi connectivity index (χ1v) is 8.81. The fourth-order valence-corrected chi connectivity index (χ4v) is 3.04. The third-order valence-corrected chi connectivity index (χ3v) is 4.23. The number of para-hydroxylation sites is 1. The molecule has 0 fully saturated rings. The first-order valence-electron chi connectivity index (χ1n) is 8.81. The Bertz CT molecular complexity index is 1130. The largest absolute Gasteiger partial charge is 0.494 e. The molecule has 0 saturated heterocycles. The minimum absolute atomic E-state index is 0.0374. The Labute approximate surface area is 160 Å². The fraction of sp³-hybridized carbons (Fsp3) is 0.300. The zero-order valence-electron chi connectivity index (χ0n) is 16.1. The molecule has 0 saturated carbocycles. The third-order valence-electron chi connectivity index (χ3n) is 4.23. The maximum Gasteiger partial charge on any atom is 0.357 e. The van der Waals surface area contributed by atoms with Gasteiger partial charge < -0.3 is 9.84 Å². The quantitative estimate of drug-likeness (QED) is 0.789. The van der Waals surface area contributed by atoms with Crippen molar-refractivity contribution in [3.63, 3.8) is 0 Å². The molecule has 2 N–H and O–H groups in total. The average molecular weight is 383 g/mol. The van der Waals surface area contributed by atoms with Crippen molar-refractivity contribution >= 4 is 29.0 Å². The zero-order chi connectivity index (χ0) is 20.6. The van der Waals surface area contributed by atoms with Crippen LogP contribution < -0.4 is 11.2 Å². The van der Waals surface area contributed by atoms with E-state index in [0.29, 0.717) is 16.8 Å². The molecule has 0 aliphatic carbocycles. The van der Waals surface area contributed by atoms with Gasteiger partial charge in [0.15, 0.2) is 5.71 Å². The van der Waals surface area contributed by atoms with E-state index in [-0.39, 0.29) is 17.9 Å². The molecular formula is C20H21N3O5. The van der Waals surface area contributed by atoms with Gasteiger partial charge in [-0.1, -0.05) is 18.2 Å². The van der Waals surface area contributed by atoms with Gasteiger partial charge in [0, 0.05) is 16.7 Å². The first kappa shape index (κ1) is 19.3. The van der Waals surface area contributed by atoms with Crippen LogP contribution in [0.4, 0.5) is 5.69 Å². The van der Waals surface area contributed by atoms with Gasteiger partial charge in [0.05, 0.1) is 12.3 Å². The molecule has 1 aromatic carbocycles. The minimum atomic E-state index is -0.774. The Morgan fingerprint density at radius 1 is 1.29 bits per heavy atom. The number of ether oxygens (including phenoxy) is 1. The Morgan fingerprint density at radius 3 is 2.61 bits per heavy atom. The van der Waals surface area contributed by atoms with Crippen molar-refractivity contribution in [1.29, 1.82) is 0 Å². The van der Waals surface area contributed by atoms with Crippen molar-refractivity contribution in [3.8, 4) is 5.88 Å². The summed E-state index contributed by atoms with van der Waals surface area (Å²) < 4.78 is 6.15. The van der Waals surface area contributed by atoms with E-state index >= 15 is 0 Å². The standard InChI is InChI=1S/C20H21N3O5/c1-5-28-18(26)15-12(11-8-6-7-9-14(11)21-15)10-13-16(24)22-19(27)23(17(13)25)20(2,3)4/h6-10,25H,5H2,1-4H3,(H,22,24,27)/b12-10+. The number of aromatic hydroxyl groups is 1. The number of fused-ring (bicyclic) bond motifs is 1. The van der Waals surface area contributed by atoms with Gasteiger partial charge in [-0.2, -0.15) is 0 Å². The first-order chi connectivity index (χ1) is 13.1. The number of H-pyrrole nitrogens is 1. The van der Waals surface area contributed by atoms with Crippen LogP contribution >= 0.6 is 0 Å². The Morgan fingerprint density at radius 2 is 1.96 bits per heavy atom. The maximum absolute atomic E-state index is 12.4. The predicted octanol–water partition coefficient (Wildman–Crippen LogP) is 2.19. The van der Waals surface area contributed by atoms with Crippen LogP contribution in [-0.2, 0) is 15.1 Å². The van der Waals surface area contributed by atoms with Crippen LogP contribution in [-0.4, -0.2) is 32.9 Å². The number of rotatable bonds is 3. The highest BCUT2D eigenvalue weighted by molar-refractivity contribution is 6.58. The van der Waals surface area contributed by atoms with E-state index in [9.17, 15) is 19.5 Å². The van der Waals surface area contributed by atoms with Crippen molar-refractivity contribution in [2.45, 2.75) is 33.2 Å². The van der Waals surface area contributed by atoms with Gasteiger partial charge in [-0.05, 0) is 39.8 Å². The SMILES string of the molecule is CCOC(=O)C1=Nc2ccccc2/C1=C\c1c(O)n(C(C)(C)C)c(=O)[nH]c1=O. The Kier molecular flexibility index (Phi) is 4.80. The number of aliphatic imine (C=N–C) groups is 1. The van der Waals surface area contributed by atoms with Crippen molar-refractivity contribution in [2.75, 3.05) is 6.61 Å². The number of hydrogen-bond donors (Lipinski definition) is 2. The normalized spacial score (nSPS) is 14.7. The number of nitrogens with one attached hydrogen (secondary N) is 1. The van der Waals surface area contributed by atoms with Gasteiger partial charge in [0.25, 0.3) is 5.56 Å². The van der Waals surface area contributed by atoms with Gasteiger partial charge >= 0.3 is 11.7 Å². The van der Waals surface area contributed by atoms with Crippen LogP contribution in [0.5, 0.6) is 5.88 Å². The number of hydrogen-bond acceptors (Lipinski definition) is 6. The topological polar surface area (TPSA) is 114 Å². The summed E-state index contributed by atoms with van der Waals surface area (Å²) in [6, 6.07) is 7.03. The molecule has 0 radical (unpaired) electrons. The van der Waals surface area contributed by atoms with Crippen molar-refractivity contribution < 1.29 is 14.6 Å². The van der Waals surface area contributed by atoms with E-state index in [1.807, 2.05) is 0 Å². The molecule has 1 aliphatic heterocycles. The van der Waals surface area contributed by atoms with Crippen LogP contribution in [0.25, 0.3) is 11.6 Å². The second-order valence-electron chi connectivity index (χ2n) is 7.26. The summed E-state index contributed by atoms with van der Waals surface area (Å²) in [6.45, 7) is 7.01. The number of benzene rings is 1. The molecule has 0 atom stereocenters. The van der Waals surface area contributed by atoms with Crippen LogP contribution in [0.1, 0.15) is 38.8 Å². The average Bonchev–Trinajstić information content (AvgIpc) is 2.96. The molecule has 0 spiro atoms. The highest BCUT2D eigenvalue weighted by Crippen LogP contribution is 2.36. The number of carbonyl (C=O) groups is 1. The fourth-order valence-electron chi connectivity index (χ4n) is 3.04. The summed E-state index contributed by atoms with van der Waals surface area (Å²) in [5.74, 6) is -1.12. The number of nitrogens with zero attached hydrogens (tertiary/aromatic N) is 2. The summed E-state index contributed by atoms with van der Waals surface area (Å²) >= 11 is 0. The van der Waals surface area contributed by atoms with E-state index in [1.54, 1.807) is 52.0 Å². The van der Waals surface area contributed by atoms with Crippen LogP contribution in [0.3, 0.4) is 0 Å². The summed E-state index contributed by atoms with van der Waals surface area (Å²) in [7, 11) is 0. The smallest absolute Gasteiger partial charge is 0.357 e. The van der Waals surface area contributed by atoms with Gasteiger partial charge in [0.2, 0.25) is 5.88 Å². The number of esters is 1. The lowest BCUT2D eigenvalue weighted by molar-refractivity contribution is -0.134. The molecule has 0 unspecified atom stereocenters. The zero-order valence-corrected chi connectivity index (χ0v) is 16.1. The van der Waals surface area contributed by atoms with Crippen molar-refractivity contribution in [1.82, 2.24) is 9.55 Å². The predicted molar refractivity (Wildman–Crippen MR) is 106 cm³/mol. The lowest BCUT2D eigenvalue weighted by Gasteiger charge is -2.23.